The number of hydrogen-bond acceptors (Lipinski definition) is 4. The first kappa shape index (κ1) is 14.1. The van der Waals surface area contributed by atoms with Crippen molar-refractivity contribution in [1.82, 2.24) is 5.32 Å². The van der Waals surface area contributed by atoms with Crippen LogP contribution in [0.2, 0.25) is 0 Å². The minimum atomic E-state index is -1.23. The average molecular weight is 242 g/mol. The Kier molecular flexibility index (Phi) is 5.50. The number of rotatable bonds is 6. The van der Waals surface area contributed by atoms with Crippen LogP contribution in [0.4, 0.5) is 4.39 Å². The molecule has 17 heavy (non-hydrogen) atoms. The number of benzene rings is 1. The van der Waals surface area contributed by atoms with Crippen molar-refractivity contribution in [1.29, 1.82) is 0 Å². The molecule has 0 bridgehead atoms. The Morgan fingerprint density at radius 1 is 1.41 bits per heavy atom. The standard InChI is InChI=1S/C12H19FN2O2/c1-15-5-4-11(16)12(17)9-6-8(7-14)2-3-10(9)13/h2-3,6,11-12,15-17H,4-5,7,14H2,1H3. The fourth-order valence-electron chi connectivity index (χ4n) is 1.60. The molecular weight excluding hydrogens is 223 g/mol. The zero-order valence-electron chi connectivity index (χ0n) is 9.86. The summed E-state index contributed by atoms with van der Waals surface area (Å²) in [5, 5.41) is 22.4. The Morgan fingerprint density at radius 3 is 2.71 bits per heavy atom. The molecule has 0 fully saturated rings. The van der Waals surface area contributed by atoms with E-state index >= 15 is 0 Å². The van der Waals surface area contributed by atoms with Crippen LogP contribution in [0.5, 0.6) is 0 Å². The third-order valence-corrected chi connectivity index (χ3v) is 2.67. The molecule has 5 N–H and O–H groups in total. The normalized spacial score (nSPS) is 14.6. The van der Waals surface area contributed by atoms with E-state index in [9.17, 15) is 14.6 Å². The molecule has 0 spiro atoms. The monoisotopic (exact) mass is 242 g/mol. The molecular formula is C12H19FN2O2. The highest BCUT2D eigenvalue weighted by molar-refractivity contribution is 5.27. The van der Waals surface area contributed by atoms with Gasteiger partial charge in [0.2, 0.25) is 0 Å². The predicted molar refractivity (Wildman–Crippen MR) is 63.8 cm³/mol. The molecule has 0 radical (unpaired) electrons. The third kappa shape index (κ3) is 3.74. The molecule has 0 aliphatic heterocycles. The topological polar surface area (TPSA) is 78.5 Å². The predicted octanol–water partition coefficient (Wildman–Crippen LogP) is 0.288. The van der Waals surface area contributed by atoms with Gasteiger partial charge in [-0.2, -0.15) is 0 Å². The van der Waals surface area contributed by atoms with Crippen LogP contribution in [0, 0.1) is 5.82 Å². The molecule has 4 nitrogen and oxygen atoms in total. The summed E-state index contributed by atoms with van der Waals surface area (Å²) in [5.74, 6) is -0.529. The van der Waals surface area contributed by atoms with Crippen LogP contribution in [0.25, 0.3) is 0 Å². The lowest BCUT2D eigenvalue weighted by Crippen LogP contribution is -2.24. The van der Waals surface area contributed by atoms with E-state index in [2.05, 4.69) is 5.32 Å². The highest BCUT2D eigenvalue weighted by Gasteiger charge is 2.21. The summed E-state index contributed by atoms with van der Waals surface area (Å²) >= 11 is 0. The van der Waals surface area contributed by atoms with Gasteiger partial charge in [0, 0.05) is 12.1 Å². The number of aliphatic hydroxyl groups excluding tert-OH is 2. The van der Waals surface area contributed by atoms with Gasteiger partial charge in [-0.1, -0.05) is 6.07 Å². The maximum atomic E-state index is 13.5. The first-order chi connectivity index (χ1) is 8.10. The van der Waals surface area contributed by atoms with Gasteiger partial charge in [0.25, 0.3) is 0 Å². The summed E-state index contributed by atoms with van der Waals surface area (Å²) in [6.45, 7) is 0.822. The fraction of sp³-hybridized carbons (Fsp3) is 0.500. The van der Waals surface area contributed by atoms with E-state index in [-0.39, 0.29) is 12.1 Å². The van der Waals surface area contributed by atoms with Crippen LogP contribution in [0.15, 0.2) is 18.2 Å². The third-order valence-electron chi connectivity index (χ3n) is 2.67. The molecule has 0 aliphatic carbocycles. The summed E-state index contributed by atoms with van der Waals surface area (Å²) in [6, 6.07) is 4.31. The van der Waals surface area contributed by atoms with Crippen LogP contribution < -0.4 is 11.1 Å². The summed E-state index contributed by atoms with van der Waals surface area (Å²) in [6.07, 6.45) is -1.87. The van der Waals surface area contributed by atoms with Crippen molar-refractivity contribution in [3.8, 4) is 0 Å². The van der Waals surface area contributed by atoms with Crippen molar-refractivity contribution in [2.75, 3.05) is 13.6 Å². The smallest absolute Gasteiger partial charge is 0.129 e. The Hall–Kier alpha value is -1.01. The second-order valence-corrected chi connectivity index (χ2v) is 3.96. The highest BCUT2D eigenvalue weighted by Crippen LogP contribution is 2.23. The summed E-state index contributed by atoms with van der Waals surface area (Å²) in [4.78, 5) is 0. The van der Waals surface area contributed by atoms with Crippen LogP contribution in [0.1, 0.15) is 23.7 Å². The molecule has 96 valence electrons. The van der Waals surface area contributed by atoms with Crippen molar-refractivity contribution < 1.29 is 14.6 Å². The maximum Gasteiger partial charge on any atom is 0.129 e. The minimum Gasteiger partial charge on any atom is -0.390 e. The van der Waals surface area contributed by atoms with E-state index in [0.717, 1.165) is 5.56 Å². The molecule has 5 heteroatoms. The average Bonchev–Trinajstić information content (AvgIpc) is 2.35. The molecule has 1 aromatic rings. The second-order valence-electron chi connectivity index (χ2n) is 3.96. The molecule has 0 heterocycles. The molecule has 1 aromatic carbocycles. The maximum absolute atomic E-state index is 13.5. The van der Waals surface area contributed by atoms with Gasteiger partial charge in [-0.05, 0) is 37.7 Å². The van der Waals surface area contributed by atoms with Gasteiger partial charge < -0.3 is 21.3 Å². The molecule has 2 unspecified atom stereocenters. The van der Waals surface area contributed by atoms with Crippen LogP contribution in [-0.4, -0.2) is 29.9 Å². The van der Waals surface area contributed by atoms with E-state index in [1.165, 1.54) is 12.1 Å². The van der Waals surface area contributed by atoms with Crippen LogP contribution >= 0.6 is 0 Å². The van der Waals surface area contributed by atoms with Crippen molar-refractivity contribution >= 4 is 0 Å². The van der Waals surface area contributed by atoms with Gasteiger partial charge in [-0.3, -0.25) is 0 Å². The summed E-state index contributed by atoms with van der Waals surface area (Å²) in [7, 11) is 1.74. The lowest BCUT2D eigenvalue weighted by Gasteiger charge is -2.19. The molecule has 0 saturated carbocycles. The van der Waals surface area contributed by atoms with Crippen molar-refractivity contribution in [3.05, 3.63) is 35.1 Å². The van der Waals surface area contributed by atoms with Gasteiger partial charge in [0.15, 0.2) is 0 Å². The van der Waals surface area contributed by atoms with E-state index < -0.39 is 18.0 Å². The van der Waals surface area contributed by atoms with E-state index in [1.807, 2.05) is 0 Å². The Labute approximate surface area is 100 Å². The van der Waals surface area contributed by atoms with Gasteiger partial charge in [0.1, 0.15) is 11.9 Å². The number of nitrogens with one attached hydrogen (secondary N) is 1. The largest absolute Gasteiger partial charge is 0.390 e. The molecule has 0 aromatic heterocycles. The fourth-order valence-corrected chi connectivity index (χ4v) is 1.60. The molecule has 0 amide bonds. The number of nitrogens with two attached hydrogens (primary N) is 1. The molecule has 0 aliphatic rings. The Morgan fingerprint density at radius 2 is 2.12 bits per heavy atom. The number of hydrogen-bond donors (Lipinski definition) is 4. The highest BCUT2D eigenvalue weighted by atomic mass is 19.1. The zero-order chi connectivity index (χ0) is 12.8. The second kappa shape index (κ2) is 6.66. The lowest BCUT2D eigenvalue weighted by atomic mass is 9.99. The quantitative estimate of drug-likeness (QED) is 0.578. The first-order valence-corrected chi connectivity index (χ1v) is 5.59. The van der Waals surface area contributed by atoms with Crippen LogP contribution in [0.3, 0.4) is 0 Å². The van der Waals surface area contributed by atoms with Crippen molar-refractivity contribution in [2.24, 2.45) is 5.73 Å². The van der Waals surface area contributed by atoms with E-state index in [1.54, 1.807) is 13.1 Å². The van der Waals surface area contributed by atoms with Gasteiger partial charge >= 0.3 is 0 Å². The van der Waals surface area contributed by atoms with Crippen molar-refractivity contribution in [3.63, 3.8) is 0 Å². The van der Waals surface area contributed by atoms with Gasteiger partial charge in [-0.15, -0.1) is 0 Å². The first-order valence-electron chi connectivity index (χ1n) is 5.59. The van der Waals surface area contributed by atoms with E-state index in [0.29, 0.717) is 13.0 Å². The zero-order valence-corrected chi connectivity index (χ0v) is 9.86. The minimum absolute atomic E-state index is 0.0940. The molecule has 0 saturated heterocycles. The Balaban J connectivity index is 2.82. The van der Waals surface area contributed by atoms with Gasteiger partial charge in [0.05, 0.1) is 6.10 Å². The summed E-state index contributed by atoms with van der Waals surface area (Å²) < 4.78 is 13.5. The SMILES string of the molecule is CNCCC(O)C(O)c1cc(CN)ccc1F. The van der Waals surface area contributed by atoms with Crippen molar-refractivity contribution in [2.45, 2.75) is 25.2 Å². The molecule has 1 rings (SSSR count). The van der Waals surface area contributed by atoms with Crippen LogP contribution in [-0.2, 0) is 6.54 Å². The number of halogens is 1. The van der Waals surface area contributed by atoms with E-state index in [4.69, 9.17) is 5.73 Å². The lowest BCUT2D eigenvalue weighted by molar-refractivity contribution is 0.0119. The molecule has 2 atom stereocenters. The number of aliphatic hydroxyl groups is 2. The summed E-state index contributed by atoms with van der Waals surface area (Å²) in [5.41, 5.74) is 6.27. The van der Waals surface area contributed by atoms with Gasteiger partial charge in [-0.25, -0.2) is 4.39 Å². The Bertz CT molecular complexity index is 360.